The lowest BCUT2D eigenvalue weighted by molar-refractivity contribution is -0.129. The van der Waals surface area contributed by atoms with Gasteiger partial charge in [0.2, 0.25) is 5.91 Å². The Balaban J connectivity index is 2.45. The van der Waals surface area contributed by atoms with E-state index in [1.54, 1.807) is 0 Å². The van der Waals surface area contributed by atoms with Crippen LogP contribution in [0.3, 0.4) is 0 Å². The van der Waals surface area contributed by atoms with Crippen LogP contribution < -0.4 is 5.32 Å². The fraction of sp³-hybridized carbons (Fsp3) is 0.875. The third-order valence-electron chi connectivity index (χ3n) is 4.91. The molecule has 4 atom stereocenters. The molecule has 1 saturated carbocycles. The van der Waals surface area contributed by atoms with Crippen molar-refractivity contribution in [2.75, 3.05) is 6.16 Å². The van der Waals surface area contributed by atoms with Crippen molar-refractivity contribution in [3.05, 3.63) is 0 Å². The standard InChI is InChI=1S/C16H31BNO2P/c1-11(10-21)16(20)18-12(2)15(19)9-14(17(3)4)8-13-6-5-7-13/h11-14H,5-10,21H2,1-4H3,(H,18,20)/t11?,12?,14-/m1/s1. The molecule has 0 aliphatic heterocycles. The van der Waals surface area contributed by atoms with Crippen molar-refractivity contribution in [1.82, 2.24) is 5.32 Å². The molecule has 1 aliphatic rings. The van der Waals surface area contributed by atoms with Gasteiger partial charge in [-0.1, -0.05) is 52.1 Å². The highest BCUT2D eigenvalue weighted by Gasteiger charge is 2.28. The molecule has 5 heteroatoms. The molecule has 21 heavy (non-hydrogen) atoms. The van der Waals surface area contributed by atoms with Crippen LogP contribution in [0.25, 0.3) is 0 Å². The van der Waals surface area contributed by atoms with Crippen LogP contribution in [-0.2, 0) is 9.59 Å². The fourth-order valence-electron chi connectivity index (χ4n) is 2.73. The van der Waals surface area contributed by atoms with E-state index in [0.717, 1.165) is 12.1 Å². The van der Waals surface area contributed by atoms with Gasteiger partial charge in [0.05, 0.1) is 6.04 Å². The first-order valence-electron chi connectivity index (χ1n) is 8.38. The normalized spacial score (nSPS) is 19.3. The molecule has 1 fully saturated rings. The van der Waals surface area contributed by atoms with Gasteiger partial charge >= 0.3 is 0 Å². The molecular weight excluding hydrogens is 280 g/mol. The number of hydrogen-bond acceptors (Lipinski definition) is 2. The van der Waals surface area contributed by atoms with Gasteiger partial charge in [0, 0.05) is 12.3 Å². The van der Waals surface area contributed by atoms with E-state index in [-0.39, 0.29) is 23.7 Å². The van der Waals surface area contributed by atoms with Gasteiger partial charge in [0.1, 0.15) is 6.71 Å². The van der Waals surface area contributed by atoms with Crippen LogP contribution in [0.1, 0.15) is 46.0 Å². The van der Waals surface area contributed by atoms with E-state index in [1.807, 2.05) is 13.8 Å². The molecule has 3 unspecified atom stereocenters. The van der Waals surface area contributed by atoms with Crippen molar-refractivity contribution < 1.29 is 9.59 Å². The van der Waals surface area contributed by atoms with Gasteiger partial charge in [-0.2, -0.15) is 0 Å². The quantitative estimate of drug-likeness (QED) is 0.525. The second kappa shape index (κ2) is 8.93. The van der Waals surface area contributed by atoms with Crippen molar-refractivity contribution in [3.63, 3.8) is 0 Å². The molecule has 0 radical (unpaired) electrons. The summed E-state index contributed by atoms with van der Waals surface area (Å²) in [6, 6.07) is -0.362. The molecule has 0 aromatic rings. The molecule has 0 heterocycles. The highest BCUT2D eigenvalue weighted by Crippen LogP contribution is 2.36. The zero-order valence-corrected chi connectivity index (χ0v) is 15.2. The molecule has 1 rings (SSSR count). The van der Waals surface area contributed by atoms with Crippen LogP contribution in [0.15, 0.2) is 0 Å². The van der Waals surface area contributed by atoms with Gasteiger partial charge in [-0.15, -0.1) is 9.24 Å². The lowest BCUT2D eigenvalue weighted by Gasteiger charge is -2.31. The summed E-state index contributed by atoms with van der Waals surface area (Å²) in [5.41, 5.74) is 0. The molecule has 0 spiro atoms. The Morgan fingerprint density at radius 1 is 1.29 bits per heavy atom. The molecule has 0 aromatic carbocycles. The number of hydrogen-bond donors (Lipinski definition) is 1. The van der Waals surface area contributed by atoms with E-state index in [1.165, 1.54) is 25.7 Å². The molecule has 1 aliphatic carbocycles. The summed E-state index contributed by atoms with van der Waals surface area (Å²) in [5.74, 6) is 1.39. The van der Waals surface area contributed by atoms with Gasteiger partial charge in [0.15, 0.2) is 5.78 Å². The molecule has 0 bridgehead atoms. The zero-order chi connectivity index (χ0) is 16.0. The van der Waals surface area contributed by atoms with Gasteiger partial charge < -0.3 is 5.32 Å². The Hall–Kier alpha value is -0.365. The van der Waals surface area contributed by atoms with E-state index in [2.05, 4.69) is 28.2 Å². The number of amides is 1. The van der Waals surface area contributed by atoms with Crippen LogP contribution in [0.2, 0.25) is 19.5 Å². The highest BCUT2D eigenvalue weighted by atomic mass is 31.0. The van der Waals surface area contributed by atoms with Gasteiger partial charge in [0.25, 0.3) is 0 Å². The van der Waals surface area contributed by atoms with Crippen molar-refractivity contribution in [3.8, 4) is 0 Å². The number of ketones is 1. The molecule has 3 nitrogen and oxygen atoms in total. The van der Waals surface area contributed by atoms with Crippen LogP contribution in [0, 0.1) is 11.8 Å². The minimum atomic E-state index is -0.362. The first-order chi connectivity index (χ1) is 9.85. The Kier molecular flexibility index (Phi) is 7.94. The third kappa shape index (κ3) is 6.10. The predicted molar refractivity (Wildman–Crippen MR) is 94.2 cm³/mol. The summed E-state index contributed by atoms with van der Waals surface area (Å²) in [6.07, 6.45) is 6.51. The first kappa shape index (κ1) is 18.7. The summed E-state index contributed by atoms with van der Waals surface area (Å²) in [7, 11) is 2.57. The minimum Gasteiger partial charge on any atom is -0.346 e. The molecule has 1 N–H and O–H groups in total. The van der Waals surface area contributed by atoms with Crippen LogP contribution >= 0.6 is 9.24 Å². The fourth-order valence-corrected chi connectivity index (χ4v) is 2.94. The van der Waals surface area contributed by atoms with Crippen molar-refractivity contribution in [2.45, 2.75) is 71.5 Å². The summed E-state index contributed by atoms with van der Waals surface area (Å²) in [5, 5.41) is 2.85. The number of rotatable bonds is 9. The summed E-state index contributed by atoms with van der Waals surface area (Å²) < 4.78 is 0. The maximum Gasteiger partial charge on any atom is 0.223 e. The second-order valence-corrected chi connectivity index (χ2v) is 7.55. The Morgan fingerprint density at radius 2 is 1.90 bits per heavy atom. The van der Waals surface area contributed by atoms with Gasteiger partial charge in [-0.05, 0) is 19.0 Å². The Morgan fingerprint density at radius 3 is 2.33 bits per heavy atom. The minimum absolute atomic E-state index is 0.0223. The number of Topliss-reactive ketones (excluding diaryl/α,β-unsaturated/α-hetero) is 1. The topological polar surface area (TPSA) is 46.2 Å². The van der Waals surface area contributed by atoms with E-state index in [4.69, 9.17) is 0 Å². The van der Waals surface area contributed by atoms with E-state index >= 15 is 0 Å². The summed E-state index contributed by atoms with van der Waals surface area (Å²) >= 11 is 0. The number of carbonyl (C=O) groups is 2. The smallest absolute Gasteiger partial charge is 0.223 e. The molecular formula is C16H31BNO2P. The Labute approximate surface area is 132 Å². The predicted octanol–water partition coefficient (Wildman–Crippen LogP) is 3.28. The Bertz CT molecular complexity index is 358. The molecule has 0 saturated heterocycles. The van der Waals surface area contributed by atoms with Crippen LogP contribution in [0.5, 0.6) is 0 Å². The second-order valence-electron chi connectivity index (χ2n) is 7.07. The zero-order valence-electron chi connectivity index (χ0n) is 14.0. The molecule has 0 aromatic heterocycles. The highest BCUT2D eigenvalue weighted by molar-refractivity contribution is 7.16. The SMILES string of the molecule is CB(C)[C@@H](CC(=O)C(C)NC(=O)C(C)CP)CC1CCC1. The van der Waals surface area contributed by atoms with Gasteiger partial charge in [-0.25, -0.2) is 0 Å². The average Bonchev–Trinajstić information content (AvgIpc) is 2.39. The molecule has 120 valence electrons. The van der Waals surface area contributed by atoms with Crippen LogP contribution in [-0.4, -0.2) is 30.6 Å². The number of carbonyl (C=O) groups excluding carboxylic acids is 2. The largest absolute Gasteiger partial charge is 0.346 e. The average molecular weight is 311 g/mol. The van der Waals surface area contributed by atoms with Crippen molar-refractivity contribution in [1.29, 1.82) is 0 Å². The molecule has 1 amide bonds. The summed E-state index contributed by atoms with van der Waals surface area (Å²) in [4.78, 5) is 24.2. The third-order valence-corrected chi connectivity index (χ3v) is 5.62. The van der Waals surface area contributed by atoms with E-state index in [0.29, 0.717) is 19.0 Å². The van der Waals surface area contributed by atoms with E-state index in [9.17, 15) is 9.59 Å². The lowest BCUT2D eigenvalue weighted by atomic mass is 9.42. The van der Waals surface area contributed by atoms with E-state index < -0.39 is 0 Å². The monoisotopic (exact) mass is 311 g/mol. The van der Waals surface area contributed by atoms with Crippen molar-refractivity contribution in [2.24, 2.45) is 11.8 Å². The van der Waals surface area contributed by atoms with Crippen LogP contribution in [0.4, 0.5) is 0 Å². The first-order valence-corrected chi connectivity index (χ1v) is 9.19. The maximum atomic E-state index is 12.4. The lowest BCUT2D eigenvalue weighted by Crippen LogP contribution is -2.42. The number of nitrogens with one attached hydrogen (secondary N) is 1. The summed E-state index contributed by atoms with van der Waals surface area (Å²) in [6.45, 7) is 8.64. The van der Waals surface area contributed by atoms with Gasteiger partial charge in [-0.3, -0.25) is 9.59 Å². The maximum absolute atomic E-state index is 12.4. The van der Waals surface area contributed by atoms with Crippen molar-refractivity contribution >= 4 is 27.6 Å².